The Morgan fingerprint density at radius 1 is 1.09 bits per heavy atom. The summed E-state index contributed by atoms with van der Waals surface area (Å²) in [6.07, 6.45) is 1.59. The highest BCUT2D eigenvalue weighted by Crippen LogP contribution is 2.61. The Balaban J connectivity index is 1.53. The first kappa shape index (κ1) is 20.0. The second-order valence-electron chi connectivity index (χ2n) is 9.42. The second-order valence-corrected chi connectivity index (χ2v) is 9.42. The van der Waals surface area contributed by atoms with Crippen LogP contribution in [0.1, 0.15) is 29.5 Å². The molecule has 2 aromatic rings. The fraction of sp³-hybridized carbons (Fsp3) is 0.375. The van der Waals surface area contributed by atoms with Crippen LogP contribution in [0.15, 0.2) is 36.4 Å². The number of non-ortho nitro benzene ring substituents is 1. The van der Waals surface area contributed by atoms with Gasteiger partial charge in [-0.2, -0.15) is 0 Å². The van der Waals surface area contributed by atoms with Crippen LogP contribution in [0.5, 0.6) is 0 Å². The van der Waals surface area contributed by atoms with E-state index in [4.69, 9.17) is 0 Å². The lowest BCUT2D eigenvalue weighted by Crippen LogP contribution is -2.54. The van der Waals surface area contributed by atoms with E-state index in [9.17, 15) is 24.5 Å². The minimum Gasteiger partial charge on any atom is -0.324 e. The number of carbonyl (C=O) groups is 3. The molecular formula is C24H22N4O5. The van der Waals surface area contributed by atoms with Crippen LogP contribution in [-0.2, 0) is 19.9 Å². The molecule has 168 valence electrons. The van der Waals surface area contributed by atoms with Gasteiger partial charge in [-0.3, -0.25) is 29.4 Å². The maximum absolute atomic E-state index is 13.9. The number of hydrogen-bond acceptors (Lipinski definition) is 6. The Kier molecular flexibility index (Phi) is 3.93. The van der Waals surface area contributed by atoms with Gasteiger partial charge < -0.3 is 5.32 Å². The van der Waals surface area contributed by atoms with E-state index in [1.165, 1.54) is 24.3 Å². The van der Waals surface area contributed by atoms with Gasteiger partial charge in [0.05, 0.1) is 22.4 Å². The molecule has 0 saturated carbocycles. The molecule has 1 N–H and O–H groups in total. The van der Waals surface area contributed by atoms with Crippen molar-refractivity contribution in [3.63, 3.8) is 0 Å². The fourth-order valence-corrected chi connectivity index (χ4v) is 6.64. The van der Waals surface area contributed by atoms with E-state index in [0.29, 0.717) is 12.2 Å². The quantitative estimate of drug-likeness (QED) is 0.431. The number of aryl methyl sites for hydroxylation is 2. The maximum atomic E-state index is 13.9. The average Bonchev–Trinajstić information content (AvgIpc) is 3.47. The Morgan fingerprint density at radius 3 is 2.52 bits per heavy atom. The van der Waals surface area contributed by atoms with Crippen molar-refractivity contribution in [3.05, 3.63) is 63.2 Å². The van der Waals surface area contributed by atoms with E-state index in [2.05, 4.69) is 10.2 Å². The normalized spacial score (nSPS) is 30.1. The molecule has 2 aromatic carbocycles. The lowest BCUT2D eigenvalue weighted by molar-refractivity contribution is -0.384. The van der Waals surface area contributed by atoms with Gasteiger partial charge in [0.1, 0.15) is 5.54 Å². The molecule has 0 bridgehead atoms. The third-order valence-electron chi connectivity index (χ3n) is 7.76. The highest BCUT2D eigenvalue weighted by molar-refractivity contribution is 6.26. The number of carbonyl (C=O) groups excluding carboxylic acids is 3. The van der Waals surface area contributed by atoms with Crippen molar-refractivity contribution in [3.8, 4) is 0 Å². The predicted octanol–water partition coefficient (Wildman–Crippen LogP) is 2.64. The molecule has 9 heteroatoms. The van der Waals surface area contributed by atoms with Crippen LogP contribution in [0.2, 0.25) is 0 Å². The number of fused-ring (bicyclic) bond motifs is 7. The lowest BCUT2D eigenvalue weighted by atomic mass is 9.75. The van der Waals surface area contributed by atoms with E-state index in [1.807, 2.05) is 26.0 Å². The van der Waals surface area contributed by atoms with Crippen molar-refractivity contribution in [1.82, 2.24) is 4.90 Å². The number of benzene rings is 2. The first-order valence-corrected chi connectivity index (χ1v) is 11.1. The maximum Gasteiger partial charge on any atom is 0.269 e. The average molecular weight is 446 g/mol. The molecule has 4 aliphatic heterocycles. The van der Waals surface area contributed by atoms with Gasteiger partial charge >= 0.3 is 0 Å². The Bertz CT molecular complexity index is 1270. The monoisotopic (exact) mass is 446 g/mol. The zero-order valence-corrected chi connectivity index (χ0v) is 18.2. The van der Waals surface area contributed by atoms with Crippen molar-refractivity contribution >= 4 is 34.8 Å². The summed E-state index contributed by atoms with van der Waals surface area (Å²) in [5.41, 5.74) is 2.38. The van der Waals surface area contributed by atoms with Crippen LogP contribution in [-0.4, -0.2) is 40.1 Å². The highest BCUT2D eigenvalue weighted by Gasteiger charge is 2.74. The number of rotatable bonds is 2. The van der Waals surface area contributed by atoms with Crippen LogP contribution >= 0.6 is 0 Å². The van der Waals surface area contributed by atoms with Crippen LogP contribution in [0, 0.1) is 35.8 Å². The van der Waals surface area contributed by atoms with Gasteiger partial charge in [0, 0.05) is 29.4 Å². The smallest absolute Gasteiger partial charge is 0.269 e. The van der Waals surface area contributed by atoms with Crippen LogP contribution in [0.3, 0.4) is 0 Å². The van der Waals surface area contributed by atoms with Gasteiger partial charge in [-0.25, -0.2) is 4.90 Å². The summed E-state index contributed by atoms with van der Waals surface area (Å²) in [5, 5.41) is 14.1. The summed E-state index contributed by atoms with van der Waals surface area (Å²) in [7, 11) is 0. The number of hydrogen-bond donors (Lipinski definition) is 1. The molecule has 4 aliphatic rings. The largest absolute Gasteiger partial charge is 0.324 e. The third-order valence-corrected chi connectivity index (χ3v) is 7.76. The van der Waals surface area contributed by atoms with E-state index in [-0.39, 0.29) is 23.5 Å². The number of amides is 3. The van der Waals surface area contributed by atoms with E-state index in [1.54, 1.807) is 0 Å². The van der Waals surface area contributed by atoms with Crippen molar-refractivity contribution in [2.45, 2.75) is 38.3 Å². The summed E-state index contributed by atoms with van der Waals surface area (Å²) in [6.45, 7) is 4.54. The number of imide groups is 1. The highest BCUT2D eigenvalue weighted by atomic mass is 16.6. The minimum absolute atomic E-state index is 0.119. The van der Waals surface area contributed by atoms with Crippen LogP contribution in [0.4, 0.5) is 17.1 Å². The molecule has 4 heterocycles. The van der Waals surface area contributed by atoms with Crippen molar-refractivity contribution in [1.29, 1.82) is 0 Å². The fourth-order valence-electron chi connectivity index (χ4n) is 6.64. The molecule has 3 fully saturated rings. The summed E-state index contributed by atoms with van der Waals surface area (Å²) in [5.74, 6) is -2.48. The number of nitrogens with one attached hydrogen (secondary N) is 1. The molecule has 0 aromatic heterocycles. The van der Waals surface area contributed by atoms with Gasteiger partial charge in [0.15, 0.2) is 0 Å². The zero-order valence-electron chi connectivity index (χ0n) is 18.2. The van der Waals surface area contributed by atoms with Gasteiger partial charge in [0.25, 0.3) is 5.69 Å². The van der Waals surface area contributed by atoms with Crippen LogP contribution < -0.4 is 10.2 Å². The molecule has 0 aliphatic carbocycles. The van der Waals surface area contributed by atoms with Crippen molar-refractivity contribution < 1.29 is 19.3 Å². The first-order chi connectivity index (χ1) is 15.8. The Labute approximate surface area is 189 Å². The Hall–Kier alpha value is -3.59. The number of anilines is 2. The summed E-state index contributed by atoms with van der Waals surface area (Å²) in [6, 6.07) is 9.17. The third kappa shape index (κ3) is 2.32. The van der Waals surface area contributed by atoms with Crippen molar-refractivity contribution in [2.24, 2.45) is 11.8 Å². The van der Waals surface area contributed by atoms with E-state index < -0.39 is 28.2 Å². The minimum atomic E-state index is -1.22. The molecular weight excluding hydrogens is 424 g/mol. The number of nitrogens with zero attached hydrogens (tertiary/aromatic N) is 3. The molecule has 4 atom stereocenters. The molecule has 1 spiro atoms. The summed E-state index contributed by atoms with van der Waals surface area (Å²) in [4.78, 5) is 55.0. The second kappa shape index (κ2) is 6.48. The molecule has 33 heavy (non-hydrogen) atoms. The molecule has 6 rings (SSSR count). The molecule has 3 amide bonds. The lowest BCUT2D eigenvalue weighted by Gasteiger charge is -2.36. The van der Waals surface area contributed by atoms with E-state index >= 15 is 0 Å². The van der Waals surface area contributed by atoms with Crippen LogP contribution in [0.25, 0.3) is 0 Å². The molecule has 3 saturated heterocycles. The topological polar surface area (TPSA) is 113 Å². The number of nitro groups is 1. The van der Waals surface area contributed by atoms with Gasteiger partial charge in [-0.05, 0) is 50.9 Å². The first-order valence-electron chi connectivity index (χ1n) is 11.1. The molecule has 0 unspecified atom stereocenters. The summed E-state index contributed by atoms with van der Waals surface area (Å²) < 4.78 is 0. The number of nitro benzene ring substituents is 1. The van der Waals surface area contributed by atoms with Gasteiger partial charge in [-0.15, -0.1) is 0 Å². The summed E-state index contributed by atoms with van der Waals surface area (Å²) >= 11 is 0. The predicted molar refractivity (Wildman–Crippen MR) is 119 cm³/mol. The molecule has 9 nitrogen and oxygen atoms in total. The van der Waals surface area contributed by atoms with Crippen molar-refractivity contribution in [2.75, 3.05) is 16.8 Å². The SMILES string of the molecule is Cc1cc(C)c2c(c1)[C@]1(C(=O)N2)[C@@H]2C(=O)N(c3ccc([N+](=O)[O-])cc3)C(=O)[C@@H]2[C@@H]2CCCN21. The standard InChI is InChI=1S/C24H22N4O5/c1-12-10-13(2)20-16(11-12)24(23(31)25-20)19-18(17-4-3-9-26(17)24)21(29)27(22(19)30)14-5-7-15(8-6-14)28(32)33/h5-8,10-11,17-19H,3-4,9H2,1-2H3,(H,25,31)/t17-,18+,19-,24+/m0/s1. The molecule has 0 radical (unpaired) electrons. The zero-order chi connectivity index (χ0) is 23.2. The van der Waals surface area contributed by atoms with Gasteiger partial charge in [0.2, 0.25) is 17.7 Å². The van der Waals surface area contributed by atoms with E-state index in [0.717, 1.165) is 40.1 Å². The van der Waals surface area contributed by atoms with Gasteiger partial charge in [-0.1, -0.05) is 17.7 Å². The Morgan fingerprint density at radius 2 is 1.82 bits per heavy atom.